The first-order valence-corrected chi connectivity index (χ1v) is 4.20. The van der Waals surface area contributed by atoms with Crippen molar-refractivity contribution in [1.82, 2.24) is 4.98 Å². The van der Waals surface area contributed by atoms with Crippen molar-refractivity contribution in [1.29, 1.82) is 0 Å². The van der Waals surface area contributed by atoms with E-state index in [-0.39, 0.29) is 0 Å². The second-order valence-electron chi connectivity index (χ2n) is 3.14. The van der Waals surface area contributed by atoms with Crippen molar-refractivity contribution in [2.75, 3.05) is 6.54 Å². The molecule has 2 heteroatoms. The van der Waals surface area contributed by atoms with E-state index in [1.54, 1.807) is 6.20 Å². The number of hydrogen-bond donors (Lipinski definition) is 0. The number of rotatable bonds is 3. The Morgan fingerprint density at radius 1 is 1.50 bits per heavy atom. The Bertz CT molecular complexity index is 239. The largest absolute Gasteiger partial charge is 0.291 e. The van der Waals surface area contributed by atoms with Crippen LogP contribution in [0.2, 0.25) is 0 Å². The third-order valence-corrected chi connectivity index (χ3v) is 1.38. The molecule has 0 N–H and O–H groups in total. The summed E-state index contributed by atoms with van der Waals surface area (Å²) in [6.45, 7) is 5.17. The highest BCUT2D eigenvalue weighted by Gasteiger charge is 1.88. The maximum Gasteiger partial charge on any atom is 0.0807 e. The van der Waals surface area contributed by atoms with Gasteiger partial charge in [-0.25, -0.2) is 0 Å². The fraction of sp³-hybridized carbons (Fsp3) is 0.400. The Morgan fingerprint density at radius 3 is 2.92 bits per heavy atom. The average Bonchev–Trinajstić information content (AvgIpc) is 2.05. The predicted octanol–water partition coefficient (Wildman–Crippen LogP) is 2.16. The zero-order valence-corrected chi connectivity index (χ0v) is 7.57. The van der Waals surface area contributed by atoms with Gasteiger partial charge in [-0.15, -0.1) is 0 Å². The van der Waals surface area contributed by atoms with Crippen molar-refractivity contribution in [2.24, 2.45) is 10.9 Å². The van der Waals surface area contributed by atoms with E-state index in [1.165, 1.54) is 0 Å². The highest BCUT2D eigenvalue weighted by atomic mass is 14.7. The lowest BCUT2D eigenvalue weighted by molar-refractivity contribution is 0.667. The zero-order valence-electron chi connectivity index (χ0n) is 7.57. The van der Waals surface area contributed by atoms with E-state index in [1.807, 2.05) is 24.4 Å². The predicted molar refractivity (Wildman–Crippen MR) is 51.5 cm³/mol. The molecule has 0 bridgehead atoms. The molecule has 1 aromatic heterocycles. The van der Waals surface area contributed by atoms with Crippen molar-refractivity contribution in [2.45, 2.75) is 13.8 Å². The second kappa shape index (κ2) is 4.65. The third kappa shape index (κ3) is 3.28. The molecule has 1 heterocycles. The van der Waals surface area contributed by atoms with E-state index in [0.29, 0.717) is 5.92 Å². The van der Waals surface area contributed by atoms with E-state index in [9.17, 15) is 0 Å². The highest BCUT2D eigenvalue weighted by Crippen LogP contribution is 1.93. The maximum atomic E-state index is 4.25. The van der Waals surface area contributed by atoms with Crippen LogP contribution in [0.3, 0.4) is 0 Å². The number of nitrogens with zero attached hydrogens (tertiary/aromatic N) is 2. The molecule has 1 aromatic rings. The molecule has 0 aliphatic carbocycles. The van der Waals surface area contributed by atoms with E-state index >= 15 is 0 Å². The molecule has 0 radical (unpaired) electrons. The SMILES string of the molecule is CC(C)C/N=C/c1ccccn1. The van der Waals surface area contributed by atoms with Crippen LogP contribution in [0, 0.1) is 5.92 Å². The fourth-order valence-corrected chi connectivity index (χ4v) is 0.809. The van der Waals surface area contributed by atoms with Crippen molar-refractivity contribution >= 4 is 6.21 Å². The van der Waals surface area contributed by atoms with Gasteiger partial charge in [-0.05, 0) is 18.1 Å². The molecular weight excluding hydrogens is 148 g/mol. The summed E-state index contributed by atoms with van der Waals surface area (Å²) in [7, 11) is 0. The molecule has 0 amide bonds. The average molecular weight is 162 g/mol. The molecule has 0 spiro atoms. The Hall–Kier alpha value is -1.18. The molecule has 0 unspecified atom stereocenters. The number of aliphatic imine (C=N–C) groups is 1. The van der Waals surface area contributed by atoms with Crippen LogP contribution in [-0.2, 0) is 0 Å². The summed E-state index contributed by atoms with van der Waals surface area (Å²) < 4.78 is 0. The Morgan fingerprint density at radius 2 is 2.33 bits per heavy atom. The van der Waals surface area contributed by atoms with Gasteiger partial charge in [-0.2, -0.15) is 0 Å². The lowest BCUT2D eigenvalue weighted by atomic mass is 10.2. The van der Waals surface area contributed by atoms with Crippen LogP contribution in [0.15, 0.2) is 29.4 Å². The van der Waals surface area contributed by atoms with Gasteiger partial charge in [-0.1, -0.05) is 19.9 Å². The van der Waals surface area contributed by atoms with Gasteiger partial charge < -0.3 is 0 Å². The van der Waals surface area contributed by atoms with Gasteiger partial charge in [0.05, 0.1) is 5.69 Å². The molecule has 0 saturated heterocycles. The molecule has 0 aliphatic rings. The quantitative estimate of drug-likeness (QED) is 0.625. The molecule has 0 saturated carbocycles. The smallest absolute Gasteiger partial charge is 0.0807 e. The van der Waals surface area contributed by atoms with Crippen LogP contribution in [0.1, 0.15) is 19.5 Å². The molecular formula is C10H14N2. The monoisotopic (exact) mass is 162 g/mol. The van der Waals surface area contributed by atoms with Crippen LogP contribution in [0.4, 0.5) is 0 Å². The molecule has 1 rings (SSSR count). The molecule has 0 aromatic carbocycles. The zero-order chi connectivity index (χ0) is 8.81. The van der Waals surface area contributed by atoms with Crippen molar-refractivity contribution in [3.05, 3.63) is 30.1 Å². The maximum absolute atomic E-state index is 4.25. The standard InChI is InChI=1S/C10H14N2/c1-9(2)7-11-8-10-5-3-4-6-12-10/h3-6,8-9H,7H2,1-2H3/b11-8+. The van der Waals surface area contributed by atoms with E-state index in [0.717, 1.165) is 12.2 Å². The minimum Gasteiger partial charge on any atom is -0.291 e. The summed E-state index contributed by atoms with van der Waals surface area (Å²) in [6.07, 6.45) is 3.59. The summed E-state index contributed by atoms with van der Waals surface area (Å²) in [4.78, 5) is 8.38. The van der Waals surface area contributed by atoms with Crippen molar-refractivity contribution < 1.29 is 0 Å². The summed E-state index contributed by atoms with van der Waals surface area (Å²) in [5, 5.41) is 0. The van der Waals surface area contributed by atoms with Gasteiger partial charge in [-0.3, -0.25) is 9.98 Å². The lowest BCUT2D eigenvalue weighted by Crippen LogP contribution is -1.93. The molecule has 0 fully saturated rings. The molecule has 12 heavy (non-hydrogen) atoms. The van der Waals surface area contributed by atoms with E-state index in [2.05, 4.69) is 23.8 Å². The lowest BCUT2D eigenvalue weighted by Gasteiger charge is -1.96. The first kappa shape index (κ1) is 8.91. The number of hydrogen-bond acceptors (Lipinski definition) is 2. The van der Waals surface area contributed by atoms with Gasteiger partial charge in [0.25, 0.3) is 0 Å². The second-order valence-corrected chi connectivity index (χ2v) is 3.14. The minimum atomic E-state index is 0.616. The van der Waals surface area contributed by atoms with Gasteiger partial charge in [0.15, 0.2) is 0 Å². The Kier molecular flexibility index (Phi) is 3.45. The minimum absolute atomic E-state index is 0.616. The van der Waals surface area contributed by atoms with E-state index in [4.69, 9.17) is 0 Å². The van der Waals surface area contributed by atoms with Crippen molar-refractivity contribution in [3.63, 3.8) is 0 Å². The van der Waals surface area contributed by atoms with Gasteiger partial charge in [0.2, 0.25) is 0 Å². The third-order valence-electron chi connectivity index (χ3n) is 1.38. The van der Waals surface area contributed by atoms with E-state index < -0.39 is 0 Å². The number of aromatic nitrogens is 1. The first-order valence-electron chi connectivity index (χ1n) is 4.20. The Balaban J connectivity index is 2.47. The first-order chi connectivity index (χ1) is 5.79. The van der Waals surface area contributed by atoms with Crippen LogP contribution >= 0.6 is 0 Å². The van der Waals surface area contributed by atoms with Crippen LogP contribution < -0.4 is 0 Å². The summed E-state index contributed by atoms with van der Waals surface area (Å²) >= 11 is 0. The van der Waals surface area contributed by atoms with Gasteiger partial charge >= 0.3 is 0 Å². The van der Waals surface area contributed by atoms with Crippen LogP contribution in [0.25, 0.3) is 0 Å². The molecule has 0 atom stereocenters. The molecule has 64 valence electrons. The molecule has 0 aliphatic heterocycles. The number of pyridine rings is 1. The summed E-state index contributed by atoms with van der Waals surface area (Å²) in [6, 6.07) is 5.81. The highest BCUT2D eigenvalue weighted by molar-refractivity contribution is 5.76. The summed E-state index contributed by atoms with van der Waals surface area (Å²) in [5.41, 5.74) is 0.929. The fourth-order valence-electron chi connectivity index (χ4n) is 0.809. The van der Waals surface area contributed by atoms with Crippen molar-refractivity contribution in [3.8, 4) is 0 Å². The normalized spacial score (nSPS) is 11.2. The Labute approximate surface area is 73.4 Å². The van der Waals surface area contributed by atoms with Gasteiger partial charge in [0.1, 0.15) is 0 Å². The summed E-state index contributed by atoms with van der Waals surface area (Å²) in [5.74, 6) is 0.616. The molecule has 2 nitrogen and oxygen atoms in total. The van der Waals surface area contributed by atoms with Gasteiger partial charge in [0, 0.05) is 19.0 Å². The topological polar surface area (TPSA) is 25.2 Å². The van der Waals surface area contributed by atoms with Crippen LogP contribution in [0.5, 0.6) is 0 Å². The van der Waals surface area contributed by atoms with Crippen LogP contribution in [-0.4, -0.2) is 17.7 Å².